The Bertz CT molecular complexity index is 1070. The molecule has 1 aromatic heterocycles. The van der Waals surface area contributed by atoms with Gasteiger partial charge in [0.1, 0.15) is 5.82 Å². The van der Waals surface area contributed by atoms with Crippen LogP contribution in [0.3, 0.4) is 0 Å². The smallest absolute Gasteiger partial charge is 0.109 e. The molecule has 3 heterocycles. The normalized spacial score (nSPS) is 16.0. The van der Waals surface area contributed by atoms with Gasteiger partial charge in [-0.05, 0) is 62.1 Å². The first-order valence-corrected chi connectivity index (χ1v) is 10.7. The average molecular weight is 382 g/mol. The fourth-order valence-electron chi connectivity index (χ4n) is 4.16. The van der Waals surface area contributed by atoms with Gasteiger partial charge in [-0.15, -0.1) is 0 Å². The Morgan fingerprint density at radius 2 is 1.79 bits per heavy atom. The van der Waals surface area contributed by atoms with Gasteiger partial charge < -0.3 is 9.47 Å². The van der Waals surface area contributed by atoms with Crippen LogP contribution in [0.25, 0.3) is 11.3 Å². The predicted octanol–water partition coefficient (Wildman–Crippen LogP) is 4.99. The summed E-state index contributed by atoms with van der Waals surface area (Å²) in [6.45, 7) is 7.49. The molecule has 1 saturated heterocycles. The van der Waals surface area contributed by atoms with E-state index in [0.29, 0.717) is 5.92 Å². The molecule has 1 fully saturated rings. The lowest BCUT2D eigenvalue weighted by Gasteiger charge is -2.38. The van der Waals surface area contributed by atoms with Crippen LogP contribution in [0.2, 0.25) is 0 Å². The second-order valence-corrected chi connectivity index (χ2v) is 8.41. The number of benzene rings is 2. The van der Waals surface area contributed by atoms with E-state index in [1.807, 2.05) is 0 Å². The van der Waals surface area contributed by atoms with Gasteiger partial charge in [-0.2, -0.15) is 0 Å². The summed E-state index contributed by atoms with van der Waals surface area (Å²) in [5.41, 5.74) is 7.38. The zero-order valence-corrected chi connectivity index (χ0v) is 17.3. The molecule has 0 bridgehead atoms. The number of hydrogen-bond donors (Lipinski definition) is 0. The Labute approximate surface area is 173 Å². The molecule has 0 atom stereocenters. The number of imidazole rings is 1. The molecule has 2 aliphatic heterocycles. The maximum atomic E-state index is 4.82. The van der Waals surface area contributed by atoms with Crippen LogP contribution in [0.15, 0.2) is 48.7 Å². The van der Waals surface area contributed by atoms with Crippen LogP contribution in [0, 0.1) is 31.6 Å². The van der Waals surface area contributed by atoms with Crippen LogP contribution in [-0.2, 0) is 13.0 Å². The number of rotatable bonds is 2. The van der Waals surface area contributed by atoms with E-state index in [4.69, 9.17) is 4.98 Å². The van der Waals surface area contributed by atoms with Crippen LogP contribution in [0.4, 0.5) is 5.69 Å². The monoisotopic (exact) mass is 381 g/mol. The highest BCUT2D eigenvalue weighted by atomic mass is 15.2. The molecule has 3 aromatic rings. The topological polar surface area (TPSA) is 21.1 Å². The molecule has 29 heavy (non-hydrogen) atoms. The summed E-state index contributed by atoms with van der Waals surface area (Å²) in [6, 6.07) is 15.3. The molecule has 2 aliphatic rings. The molecule has 0 amide bonds. The second kappa shape index (κ2) is 7.44. The van der Waals surface area contributed by atoms with Crippen LogP contribution in [0.5, 0.6) is 0 Å². The number of nitrogens with zero attached hydrogens (tertiary/aromatic N) is 3. The SMILES string of the molecule is Cc1ccc(N2CC(C#Cc3ccc(-c4cn5c(n4)CCCC5)cc3)C2)cc1C. The van der Waals surface area contributed by atoms with Crippen molar-refractivity contribution >= 4 is 5.69 Å². The molecular formula is C26H27N3. The molecule has 0 radical (unpaired) electrons. The molecule has 3 heteroatoms. The molecule has 146 valence electrons. The first-order chi connectivity index (χ1) is 14.2. The van der Waals surface area contributed by atoms with E-state index in [2.05, 4.69) is 83.8 Å². The Kier molecular flexibility index (Phi) is 4.64. The lowest BCUT2D eigenvalue weighted by molar-refractivity contribution is 0.509. The molecular weight excluding hydrogens is 354 g/mol. The fourth-order valence-corrected chi connectivity index (χ4v) is 4.16. The van der Waals surface area contributed by atoms with Crippen molar-refractivity contribution in [2.45, 2.75) is 39.7 Å². The first kappa shape index (κ1) is 18.1. The zero-order chi connectivity index (χ0) is 19.8. The summed E-state index contributed by atoms with van der Waals surface area (Å²) in [4.78, 5) is 7.23. The van der Waals surface area contributed by atoms with Crippen LogP contribution >= 0.6 is 0 Å². The third kappa shape index (κ3) is 3.68. The quantitative estimate of drug-likeness (QED) is 0.583. The maximum Gasteiger partial charge on any atom is 0.109 e. The van der Waals surface area contributed by atoms with E-state index < -0.39 is 0 Å². The summed E-state index contributed by atoms with van der Waals surface area (Å²) in [6.07, 6.45) is 5.82. The van der Waals surface area contributed by atoms with Gasteiger partial charge in [0, 0.05) is 49.1 Å². The largest absolute Gasteiger partial charge is 0.369 e. The van der Waals surface area contributed by atoms with Crippen molar-refractivity contribution in [2.24, 2.45) is 5.92 Å². The minimum absolute atomic E-state index is 0.455. The first-order valence-electron chi connectivity index (χ1n) is 10.7. The van der Waals surface area contributed by atoms with E-state index in [1.54, 1.807) is 0 Å². The van der Waals surface area contributed by atoms with E-state index in [1.165, 1.54) is 41.0 Å². The second-order valence-electron chi connectivity index (χ2n) is 8.41. The van der Waals surface area contributed by atoms with Crippen LogP contribution in [-0.4, -0.2) is 22.6 Å². The third-order valence-corrected chi connectivity index (χ3v) is 6.25. The minimum atomic E-state index is 0.455. The van der Waals surface area contributed by atoms with E-state index in [-0.39, 0.29) is 0 Å². The van der Waals surface area contributed by atoms with Gasteiger partial charge in [-0.25, -0.2) is 4.98 Å². The van der Waals surface area contributed by atoms with Crippen molar-refractivity contribution in [2.75, 3.05) is 18.0 Å². The van der Waals surface area contributed by atoms with E-state index in [0.717, 1.165) is 37.3 Å². The van der Waals surface area contributed by atoms with Crippen molar-refractivity contribution in [1.29, 1.82) is 0 Å². The van der Waals surface area contributed by atoms with Crippen molar-refractivity contribution in [3.8, 4) is 23.1 Å². The highest BCUT2D eigenvalue weighted by Crippen LogP contribution is 2.26. The van der Waals surface area contributed by atoms with Crippen molar-refractivity contribution < 1.29 is 0 Å². The number of hydrogen-bond acceptors (Lipinski definition) is 2. The third-order valence-electron chi connectivity index (χ3n) is 6.25. The van der Waals surface area contributed by atoms with Crippen LogP contribution in [0.1, 0.15) is 35.4 Å². The van der Waals surface area contributed by atoms with Crippen molar-refractivity contribution in [3.63, 3.8) is 0 Å². The molecule has 0 saturated carbocycles. The maximum absolute atomic E-state index is 4.82. The van der Waals surface area contributed by atoms with Gasteiger partial charge >= 0.3 is 0 Å². The molecule has 0 N–H and O–H groups in total. The van der Waals surface area contributed by atoms with Gasteiger partial charge in [-0.1, -0.05) is 30.0 Å². The van der Waals surface area contributed by atoms with Crippen LogP contribution < -0.4 is 4.90 Å². The fraction of sp³-hybridized carbons (Fsp3) is 0.346. The standard InChI is InChI=1S/C26H27N3/c1-19-6-13-24(15-20(19)2)29-16-22(17-29)8-7-21-9-11-23(12-10-21)25-18-28-14-4-3-5-26(28)27-25/h6,9-13,15,18,22H,3-5,14,16-17H2,1-2H3. The summed E-state index contributed by atoms with van der Waals surface area (Å²) in [5.74, 6) is 8.50. The number of fused-ring (bicyclic) bond motifs is 1. The summed E-state index contributed by atoms with van der Waals surface area (Å²) >= 11 is 0. The number of aromatic nitrogens is 2. The lowest BCUT2D eigenvalue weighted by Crippen LogP contribution is -2.46. The molecule has 5 rings (SSSR count). The lowest BCUT2D eigenvalue weighted by atomic mass is 9.98. The molecule has 0 unspecified atom stereocenters. The average Bonchev–Trinajstić information content (AvgIpc) is 3.14. The highest BCUT2D eigenvalue weighted by molar-refractivity contribution is 5.60. The van der Waals surface area contributed by atoms with Crippen molar-refractivity contribution in [3.05, 3.63) is 71.2 Å². The van der Waals surface area contributed by atoms with E-state index in [9.17, 15) is 0 Å². The van der Waals surface area contributed by atoms with Gasteiger partial charge in [0.25, 0.3) is 0 Å². The van der Waals surface area contributed by atoms with E-state index >= 15 is 0 Å². The number of anilines is 1. The minimum Gasteiger partial charge on any atom is -0.369 e. The Balaban J connectivity index is 1.22. The number of aryl methyl sites for hydroxylation is 4. The van der Waals surface area contributed by atoms with Gasteiger partial charge in [0.05, 0.1) is 11.6 Å². The van der Waals surface area contributed by atoms with Gasteiger partial charge in [0.2, 0.25) is 0 Å². The highest BCUT2D eigenvalue weighted by Gasteiger charge is 2.25. The van der Waals surface area contributed by atoms with Gasteiger partial charge in [0.15, 0.2) is 0 Å². The molecule has 0 aliphatic carbocycles. The summed E-state index contributed by atoms with van der Waals surface area (Å²) < 4.78 is 2.31. The molecule has 2 aromatic carbocycles. The zero-order valence-electron chi connectivity index (χ0n) is 17.3. The Hall–Kier alpha value is -2.99. The predicted molar refractivity (Wildman–Crippen MR) is 119 cm³/mol. The van der Waals surface area contributed by atoms with Crippen molar-refractivity contribution in [1.82, 2.24) is 9.55 Å². The Morgan fingerprint density at radius 1 is 0.966 bits per heavy atom. The Morgan fingerprint density at radius 3 is 2.55 bits per heavy atom. The summed E-state index contributed by atoms with van der Waals surface area (Å²) in [7, 11) is 0. The molecule has 3 nitrogen and oxygen atoms in total. The summed E-state index contributed by atoms with van der Waals surface area (Å²) in [5, 5.41) is 0. The van der Waals surface area contributed by atoms with Gasteiger partial charge in [-0.3, -0.25) is 0 Å². The molecule has 0 spiro atoms.